The van der Waals surface area contributed by atoms with Gasteiger partial charge in [0.2, 0.25) is 0 Å². The number of aryl methyl sites for hydroxylation is 3. The minimum atomic E-state index is -0.858. The van der Waals surface area contributed by atoms with Crippen molar-refractivity contribution in [1.29, 1.82) is 0 Å². The van der Waals surface area contributed by atoms with Gasteiger partial charge in [-0.05, 0) is 86.2 Å². The maximum Gasteiger partial charge on any atom is 0.310 e. The number of aliphatic carboxylic acids is 1. The third-order valence-electron chi connectivity index (χ3n) is 8.26. The molecule has 3 N–H and O–H groups in total. The number of methoxy groups -OCH3 is 1. The van der Waals surface area contributed by atoms with Gasteiger partial charge in [0, 0.05) is 51.6 Å². The molecule has 3 aromatic rings. The zero-order valence-electron chi connectivity index (χ0n) is 23.9. The van der Waals surface area contributed by atoms with Crippen LogP contribution in [0.15, 0.2) is 24.3 Å². The fourth-order valence-corrected chi connectivity index (χ4v) is 5.92. The number of ether oxygens (including phenoxy) is 1. The number of H-pyrrole nitrogens is 2. The second-order valence-electron chi connectivity index (χ2n) is 10.9. The number of allylic oxidation sites excluding steroid dienone is 1. The van der Waals surface area contributed by atoms with E-state index in [-0.39, 0.29) is 24.7 Å². The van der Waals surface area contributed by atoms with Gasteiger partial charge in [-0.25, -0.2) is 4.98 Å². The second-order valence-corrected chi connectivity index (χ2v) is 10.9. The minimum absolute atomic E-state index is 0.00139. The molecule has 2 aliphatic rings. The van der Waals surface area contributed by atoms with E-state index in [0.717, 1.165) is 51.0 Å². The van der Waals surface area contributed by atoms with Crippen molar-refractivity contribution in [3.63, 3.8) is 0 Å². The molecule has 5 rings (SSSR count). The third-order valence-corrected chi connectivity index (χ3v) is 8.26. The molecule has 8 heteroatoms. The van der Waals surface area contributed by atoms with Gasteiger partial charge in [-0.2, -0.15) is 0 Å². The van der Waals surface area contributed by atoms with Crippen molar-refractivity contribution < 1.29 is 19.4 Å². The third kappa shape index (κ3) is 5.06. The molecule has 0 amide bonds. The molecule has 0 fully saturated rings. The lowest BCUT2D eigenvalue weighted by Crippen LogP contribution is -2.12. The quantitative estimate of drug-likeness (QED) is 0.306. The molecule has 208 valence electrons. The Morgan fingerprint density at radius 1 is 1.00 bits per heavy atom. The number of rotatable bonds is 6. The molecule has 2 aliphatic heterocycles. The first-order valence-electron chi connectivity index (χ1n) is 13.8. The van der Waals surface area contributed by atoms with Crippen molar-refractivity contribution in [2.24, 2.45) is 0 Å². The number of carbonyl (C=O) groups excluding carboxylic acids is 1. The monoisotopic (exact) mass is 540 g/mol. The predicted octanol–water partition coefficient (Wildman–Crippen LogP) is 6.52. The van der Waals surface area contributed by atoms with Crippen LogP contribution in [0.5, 0.6) is 0 Å². The molecule has 2 unspecified atom stereocenters. The summed E-state index contributed by atoms with van der Waals surface area (Å²) in [5.41, 5.74) is 12.2. The number of aromatic amines is 2. The summed E-state index contributed by atoms with van der Waals surface area (Å²) in [7, 11) is 1.37. The van der Waals surface area contributed by atoms with E-state index in [1.54, 1.807) is 0 Å². The number of hydrogen-bond acceptors (Lipinski definition) is 5. The maximum absolute atomic E-state index is 12.6. The Kier molecular flexibility index (Phi) is 7.36. The fourth-order valence-electron chi connectivity index (χ4n) is 5.92. The van der Waals surface area contributed by atoms with Crippen molar-refractivity contribution in [3.8, 4) is 0 Å². The first-order chi connectivity index (χ1) is 19.1. The summed E-state index contributed by atoms with van der Waals surface area (Å²) < 4.78 is 5.06. The van der Waals surface area contributed by atoms with E-state index >= 15 is 0 Å². The lowest BCUT2D eigenvalue weighted by atomic mass is 9.85. The van der Waals surface area contributed by atoms with Gasteiger partial charge in [0.1, 0.15) is 0 Å². The topological polar surface area (TPSA) is 121 Å². The smallest absolute Gasteiger partial charge is 0.310 e. The Morgan fingerprint density at radius 2 is 1.77 bits per heavy atom. The fraction of sp³-hybridized carbons (Fsp3) is 0.375. The highest BCUT2D eigenvalue weighted by Gasteiger charge is 2.33. The van der Waals surface area contributed by atoms with Crippen LogP contribution in [-0.2, 0) is 27.2 Å². The summed E-state index contributed by atoms with van der Waals surface area (Å²) in [4.78, 5) is 41.4. The Morgan fingerprint density at radius 3 is 2.48 bits per heavy atom. The molecule has 2 atom stereocenters. The van der Waals surface area contributed by atoms with Gasteiger partial charge in [-0.3, -0.25) is 14.6 Å². The van der Waals surface area contributed by atoms with Crippen LogP contribution in [-0.4, -0.2) is 44.1 Å². The van der Waals surface area contributed by atoms with Crippen molar-refractivity contribution in [3.05, 3.63) is 69.3 Å². The van der Waals surface area contributed by atoms with Crippen LogP contribution < -0.4 is 0 Å². The van der Waals surface area contributed by atoms with Crippen LogP contribution in [0.1, 0.15) is 90.5 Å². The lowest BCUT2D eigenvalue weighted by molar-refractivity contribution is -0.140. The van der Waals surface area contributed by atoms with E-state index in [9.17, 15) is 14.7 Å². The van der Waals surface area contributed by atoms with Gasteiger partial charge < -0.3 is 19.8 Å². The highest BCUT2D eigenvalue weighted by atomic mass is 16.5. The number of nitrogens with zero attached hydrogens (tertiary/aromatic N) is 2. The van der Waals surface area contributed by atoms with E-state index in [0.29, 0.717) is 23.4 Å². The number of hydrogen-bond donors (Lipinski definition) is 3. The minimum Gasteiger partial charge on any atom is -0.481 e. The van der Waals surface area contributed by atoms with Crippen LogP contribution in [0.4, 0.5) is 0 Å². The maximum atomic E-state index is 12.6. The summed E-state index contributed by atoms with van der Waals surface area (Å²) >= 11 is 0. The number of carbonyl (C=O) groups is 2. The summed E-state index contributed by atoms with van der Waals surface area (Å²) in [6.07, 6.45) is 3.27. The van der Waals surface area contributed by atoms with Gasteiger partial charge in [-0.15, -0.1) is 0 Å². The molecule has 0 spiro atoms. The Labute approximate surface area is 233 Å². The van der Waals surface area contributed by atoms with Gasteiger partial charge in [0.25, 0.3) is 0 Å². The highest BCUT2D eigenvalue weighted by molar-refractivity contribution is 5.86. The lowest BCUT2D eigenvalue weighted by Gasteiger charge is -2.17. The summed E-state index contributed by atoms with van der Waals surface area (Å²) in [5, 5.41) is 9.50. The first-order valence-corrected chi connectivity index (χ1v) is 13.8. The standard InChI is InChI=1S/C32H36N4O4/c1-7-21-18(4)26-12-20-10-16(2)24(33-20)14-27-19(5)22(8-9-30(37)38)32(36-27)23(13-31(39)40-6)28-11-17(3)25(34-28)15-29(21)35-26/h10-12,14-15,19,22,33,35H,7-9,13H2,1-6H3,(H,37,38). The van der Waals surface area contributed by atoms with Gasteiger partial charge in [-0.1, -0.05) is 13.8 Å². The number of carboxylic acids is 1. The summed E-state index contributed by atoms with van der Waals surface area (Å²) in [6, 6.07) is 8.37. The molecule has 0 radical (unpaired) electrons. The van der Waals surface area contributed by atoms with Gasteiger partial charge in [0.15, 0.2) is 0 Å². The van der Waals surface area contributed by atoms with E-state index in [1.165, 1.54) is 18.2 Å². The largest absolute Gasteiger partial charge is 0.481 e. The van der Waals surface area contributed by atoms with E-state index < -0.39 is 11.9 Å². The van der Waals surface area contributed by atoms with E-state index in [4.69, 9.17) is 14.7 Å². The molecule has 8 nitrogen and oxygen atoms in total. The van der Waals surface area contributed by atoms with Crippen LogP contribution in [0, 0.1) is 13.8 Å². The summed E-state index contributed by atoms with van der Waals surface area (Å²) in [5.74, 6) is -1.47. The Balaban J connectivity index is 1.92. The van der Waals surface area contributed by atoms with Gasteiger partial charge in [0.05, 0.1) is 30.6 Å². The molecule has 3 aromatic heterocycles. The molecular weight excluding hydrogens is 504 g/mol. The zero-order valence-corrected chi connectivity index (χ0v) is 23.9. The van der Waals surface area contributed by atoms with Gasteiger partial charge >= 0.3 is 11.9 Å². The number of esters is 1. The zero-order chi connectivity index (χ0) is 28.7. The molecule has 0 aromatic carbocycles. The van der Waals surface area contributed by atoms with Crippen molar-refractivity contribution in [1.82, 2.24) is 19.9 Å². The average molecular weight is 541 g/mol. The molecular formula is C32H36N4O4. The summed E-state index contributed by atoms with van der Waals surface area (Å²) in [6.45, 7) is 10.4. The molecule has 5 heterocycles. The second kappa shape index (κ2) is 10.8. The predicted molar refractivity (Wildman–Crippen MR) is 157 cm³/mol. The van der Waals surface area contributed by atoms with Crippen LogP contribution in [0.25, 0.3) is 33.7 Å². The molecule has 8 bridgehead atoms. The Hall–Kier alpha value is -4.20. The molecule has 0 aliphatic carbocycles. The molecule has 40 heavy (non-hydrogen) atoms. The average Bonchev–Trinajstić information content (AvgIpc) is 3.62. The highest BCUT2D eigenvalue weighted by Crippen LogP contribution is 2.42. The first kappa shape index (κ1) is 27.4. The Bertz CT molecular complexity index is 1710. The number of carboxylic acid groups (broad SMARTS) is 1. The molecule has 0 saturated carbocycles. The van der Waals surface area contributed by atoms with E-state index in [1.807, 2.05) is 19.1 Å². The van der Waals surface area contributed by atoms with Crippen LogP contribution in [0.3, 0.4) is 0 Å². The normalized spacial score (nSPS) is 16.6. The number of nitrogens with one attached hydrogen (secondary N) is 2. The SMILES string of the molecule is CCc1c(C)c2cc3cc(C)c(cc4nc(c(CC(=O)OC)c5nc(cc1[nH]2)C(C)=C5)C(CCC(=O)O)C4C)[nH]3. The van der Waals surface area contributed by atoms with Crippen LogP contribution in [0.2, 0.25) is 0 Å². The van der Waals surface area contributed by atoms with Crippen molar-refractivity contribution in [2.75, 3.05) is 7.11 Å². The number of fused-ring (bicyclic) bond motifs is 8. The van der Waals surface area contributed by atoms with Crippen molar-refractivity contribution in [2.45, 2.75) is 72.1 Å². The molecule has 0 saturated heterocycles. The van der Waals surface area contributed by atoms with Crippen LogP contribution >= 0.6 is 0 Å². The van der Waals surface area contributed by atoms with Crippen molar-refractivity contribution >= 4 is 45.7 Å². The number of aromatic nitrogens is 4. The van der Waals surface area contributed by atoms with E-state index in [2.05, 4.69) is 55.9 Å².